The molecule has 0 atom stereocenters. The minimum Gasteiger partial charge on any atom is -0.404 e. The quantitative estimate of drug-likeness (QED) is 0.509. The van der Waals surface area contributed by atoms with E-state index in [9.17, 15) is 4.79 Å². The number of nitrogens with two attached hydrogens (primary N) is 1. The van der Waals surface area contributed by atoms with Gasteiger partial charge in [0.25, 0.3) is 0 Å². The van der Waals surface area contributed by atoms with Crippen molar-refractivity contribution < 1.29 is 4.79 Å². The number of ketones is 1. The van der Waals surface area contributed by atoms with Gasteiger partial charge >= 0.3 is 0 Å². The third-order valence-corrected chi connectivity index (χ3v) is 4.57. The van der Waals surface area contributed by atoms with Crippen molar-refractivity contribution >= 4 is 5.78 Å². The number of benzene rings is 2. The van der Waals surface area contributed by atoms with Crippen LogP contribution in [0.25, 0.3) is 5.69 Å². The second kappa shape index (κ2) is 9.73. The Morgan fingerprint density at radius 1 is 1.20 bits per heavy atom. The molecule has 0 saturated carbocycles. The average Bonchev–Trinajstić information content (AvgIpc) is 3.19. The minimum absolute atomic E-state index is 0.0565. The molecule has 30 heavy (non-hydrogen) atoms. The Labute approximate surface area is 177 Å². The van der Waals surface area contributed by atoms with E-state index in [0.29, 0.717) is 12.0 Å². The molecule has 0 fully saturated rings. The highest BCUT2D eigenvalue weighted by atomic mass is 16.1. The molecule has 5 heteroatoms. The third-order valence-electron chi connectivity index (χ3n) is 4.57. The maximum atomic E-state index is 12.9. The lowest BCUT2D eigenvalue weighted by molar-refractivity contribution is 0.0993. The minimum atomic E-state index is 0.0565. The van der Waals surface area contributed by atoms with Crippen LogP contribution in [0.15, 0.2) is 72.7 Å². The summed E-state index contributed by atoms with van der Waals surface area (Å²) < 4.78 is 2.05. The molecule has 0 aliphatic rings. The summed E-state index contributed by atoms with van der Waals surface area (Å²) in [7, 11) is 4.03. The molecule has 3 rings (SSSR count). The summed E-state index contributed by atoms with van der Waals surface area (Å²) in [5.41, 5.74) is 9.64. The van der Waals surface area contributed by atoms with Gasteiger partial charge in [-0.3, -0.25) is 4.79 Å². The van der Waals surface area contributed by atoms with Gasteiger partial charge in [0, 0.05) is 47.4 Å². The predicted molar refractivity (Wildman–Crippen MR) is 120 cm³/mol. The summed E-state index contributed by atoms with van der Waals surface area (Å²) in [6, 6.07) is 15.4. The highest BCUT2D eigenvalue weighted by Crippen LogP contribution is 2.16. The van der Waals surface area contributed by atoms with Crippen LogP contribution in [0.4, 0.5) is 0 Å². The summed E-state index contributed by atoms with van der Waals surface area (Å²) in [6.45, 7) is 2.59. The topological polar surface area (TPSA) is 64.2 Å². The number of allylic oxidation sites excluding steroid dienone is 1. The lowest BCUT2D eigenvalue weighted by Gasteiger charge is -2.13. The molecule has 0 amide bonds. The second-order valence-electron chi connectivity index (χ2n) is 7.40. The van der Waals surface area contributed by atoms with Gasteiger partial charge in [0.1, 0.15) is 5.82 Å². The number of carbonyl (C=O) groups is 1. The van der Waals surface area contributed by atoms with E-state index in [1.807, 2.05) is 75.7 Å². The molecule has 152 valence electrons. The summed E-state index contributed by atoms with van der Waals surface area (Å²) >= 11 is 0. The summed E-state index contributed by atoms with van der Waals surface area (Å²) in [6.07, 6.45) is 5.54. The second-order valence-corrected chi connectivity index (χ2v) is 7.40. The predicted octanol–water partition coefficient (Wildman–Crippen LogP) is 3.57. The molecule has 1 heterocycles. The molecule has 5 nitrogen and oxygen atoms in total. The van der Waals surface area contributed by atoms with Crippen molar-refractivity contribution in [3.05, 3.63) is 95.2 Å². The monoisotopic (exact) mass is 398 g/mol. The fourth-order valence-corrected chi connectivity index (χ4v) is 3.06. The number of nitrogens with zero attached hydrogens (tertiary/aromatic N) is 3. The SMILES string of the molecule is C/C(C#Cc1cccc(C(=O)Cc2cccc(-n3ccnc3CN(C)C)c2)c1)=C\N. The molecule has 2 aromatic carbocycles. The van der Waals surface area contributed by atoms with Gasteiger partial charge in [0.15, 0.2) is 5.78 Å². The Bertz CT molecular complexity index is 1130. The smallest absolute Gasteiger partial charge is 0.167 e. The van der Waals surface area contributed by atoms with E-state index in [1.165, 1.54) is 6.20 Å². The standard InChI is InChI=1S/C25H26N4O/c1-19(17-26)10-11-20-6-4-8-22(14-20)24(30)16-21-7-5-9-23(15-21)29-13-12-27-25(29)18-28(2)3/h4-9,12-15,17H,16,18,26H2,1-3H3/b19-17+. The highest BCUT2D eigenvalue weighted by molar-refractivity contribution is 5.97. The van der Waals surface area contributed by atoms with Gasteiger partial charge in [-0.25, -0.2) is 4.98 Å². The molecule has 0 saturated heterocycles. The first-order valence-electron chi connectivity index (χ1n) is 9.76. The van der Waals surface area contributed by atoms with Gasteiger partial charge in [-0.2, -0.15) is 0 Å². The third kappa shape index (κ3) is 5.47. The van der Waals surface area contributed by atoms with Crippen molar-refractivity contribution in [2.45, 2.75) is 19.9 Å². The zero-order valence-electron chi connectivity index (χ0n) is 17.6. The first kappa shape index (κ1) is 21.1. The number of rotatable bonds is 6. The molecule has 0 radical (unpaired) electrons. The molecule has 0 unspecified atom stereocenters. The van der Waals surface area contributed by atoms with E-state index >= 15 is 0 Å². The van der Waals surface area contributed by atoms with Crippen molar-refractivity contribution in [2.24, 2.45) is 5.73 Å². The molecule has 0 spiro atoms. The van der Waals surface area contributed by atoms with Gasteiger partial charge < -0.3 is 15.2 Å². The summed E-state index contributed by atoms with van der Waals surface area (Å²) in [5, 5.41) is 0. The van der Waals surface area contributed by atoms with Crippen LogP contribution < -0.4 is 5.73 Å². The van der Waals surface area contributed by atoms with Crippen LogP contribution >= 0.6 is 0 Å². The Hall–Kier alpha value is -3.62. The van der Waals surface area contributed by atoms with Crippen LogP contribution in [0, 0.1) is 11.8 Å². The van der Waals surface area contributed by atoms with Crippen molar-refractivity contribution in [2.75, 3.05) is 14.1 Å². The van der Waals surface area contributed by atoms with Gasteiger partial charge in [-0.05, 0) is 50.8 Å². The van der Waals surface area contributed by atoms with Crippen LogP contribution in [-0.4, -0.2) is 34.3 Å². The molecule has 3 aromatic rings. The molecule has 0 aliphatic carbocycles. The Balaban J connectivity index is 1.79. The van der Waals surface area contributed by atoms with E-state index in [-0.39, 0.29) is 5.78 Å². The molecular weight excluding hydrogens is 372 g/mol. The van der Waals surface area contributed by atoms with E-state index in [0.717, 1.165) is 34.8 Å². The number of imidazole rings is 1. The summed E-state index contributed by atoms with van der Waals surface area (Å²) in [5.74, 6) is 7.02. The van der Waals surface area contributed by atoms with Crippen LogP contribution in [0.1, 0.15) is 34.2 Å². The molecular formula is C25H26N4O. The van der Waals surface area contributed by atoms with Crippen molar-refractivity contribution in [1.29, 1.82) is 0 Å². The Morgan fingerprint density at radius 2 is 2.00 bits per heavy atom. The first-order chi connectivity index (χ1) is 14.5. The lowest BCUT2D eigenvalue weighted by atomic mass is 10.0. The van der Waals surface area contributed by atoms with Crippen LogP contribution in [0.5, 0.6) is 0 Å². The van der Waals surface area contributed by atoms with E-state index in [1.54, 1.807) is 6.20 Å². The normalized spacial score (nSPS) is 11.3. The number of hydrogen-bond acceptors (Lipinski definition) is 4. The number of aromatic nitrogens is 2. The fourth-order valence-electron chi connectivity index (χ4n) is 3.06. The maximum absolute atomic E-state index is 12.9. The highest BCUT2D eigenvalue weighted by Gasteiger charge is 2.10. The van der Waals surface area contributed by atoms with Gasteiger partial charge in [-0.1, -0.05) is 36.1 Å². The van der Waals surface area contributed by atoms with Crippen molar-refractivity contribution in [1.82, 2.24) is 14.5 Å². The zero-order chi connectivity index (χ0) is 21.5. The van der Waals surface area contributed by atoms with Gasteiger partial charge in [0.05, 0.1) is 6.54 Å². The Morgan fingerprint density at radius 3 is 2.77 bits per heavy atom. The molecule has 0 aliphatic heterocycles. The number of carbonyl (C=O) groups excluding carboxylic acids is 1. The zero-order valence-corrected chi connectivity index (χ0v) is 17.6. The van der Waals surface area contributed by atoms with Crippen molar-refractivity contribution in [3.63, 3.8) is 0 Å². The maximum Gasteiger partial charge on any atom is 0.167 e. The van der Waals surface area contributed by atoms with E-state index < -0.39 is 0 Å². The number of hydrogen-bond donors (Lipinski definition) is 1. The average molecular weight is 399 g/mol. The van der Waals surface area contributed by atoms with E-state index in [2.05, 4.69) is 26.3 Å². The molecule has 0 bridgehead atoms. The first-order valence-corrected chi connectivity index (χ1v) is 9.76. The van der Waals surface area contributed by atoms with Crippen LogP contribution in [0.2, 0.25) is 0 Å². The van der Waals surface area contributed by atoms with Crippen molar-refractivity contribution in [3.8, 4) is 17.5 Å². The van der Waals surface area contributed by atoms with Gasteiger partial charge in [-0.15, -0.1) is 0 Å². The van der Waals surface area contributed by atoms with Crippen LogP contribution in [0.3, 0.4) is 0 Å². The molecule has 1 aromatic heterocycles. The van der Waals surface area contributed by atoms with Crippen LogP contribution in [-0.2, 0) is 13.0 Å². The molecule has 2 N–H and O–H groups in total. The number of Topliss-reactive ketones (excluding diaryl/α,β-unsaturated/α-hetero) is 1. The largest absolute Gasteiger partial charge is 0.404 e. The van der Waals surface area contributed by atoms with E-state index in [4.69, 9.17) is 5.73 Å². The fraction of sp³-hybridized carbons (Fsp3) is 0.200. The lowest BCUT2D eigenvalue weighted by Crippen LogP contribution is -2.15. The Kier molecular flexibility index (Phi) is 6.84. The summed E-state index contributed by atoms with van der Waals surface area (Å²) in [4.78, 5) is 19.4. The van der Waals surface area contributed by atoms with Gasteiger partial charge in [0.2, 0.25) is 0 Å².